The van der Waals surface area contributed by atoms with Crippen molar-refractivity contribution in [2.75, 3.05) is 31.9 Å². The Morgan fingerprint density at radius 3 is 2.57 bits per heavy atom. The maximum atomic E-state index is 13.2. The normalized spacial score (nSPS) is 22.9. The number of nitrogen functional groups attached to an aromatic ring is 1. The molecule has 5 rings (SSSR count). The number of imidazole rings is 1. The number of nitrogens with two attached hydrogens (primary N) is 2. The highest BCUT2D eigenvalue weighted by Crippen LogP contribution is 2.44. The molecule has 0 bridgehead atoms. The van der Waals surface area contributed by atoms with Gasteiger partial charge in [0.15, 0.2) is 23.5 Å². The number of hydrogen-bond donors (Lipinski definition) is 3. The van der Waals surface area contributed by atoms with Gasteiger partial charge in [-0.1, -0.05) is 30.3 Å². The Kier molecular flexibility index (Phi) is 10.1. The number of fused-ring (bicyclic) bond motifs is 2. The van der Waals surface area contributed by atoms with E-state index in [1.54, 1.807) is 31.7 Å². The zero-order valence-electron chi connectivity index (χ0n) is 26.9. The van der Waals surface area contributed by atoms with Crippen molar-refractivity contribution in [1.82, 2.24) is 29.7 Å². The van der Waals surface area contributed by atoms with Gasteiger partial charge < -0.3 is 40.5 Å². The van der Waals surface area contributed by atoms with Gasteiger partial charge in [-0.3, -0.25) is 9.47 Å². The van der Waals surface area contributed by atoms with Gasteiger partial charge in [0.2, 0.25) is 0 Å². The first kappa shape index (κ1) is 33.5. The van der Waals surface area contributed by atoms with Crippen LogP contribution in [0.15, 0.2) is 43.0 Å². The van der Waals surface area contributed by atoms with E-state index in [9.17, 15) is 9.59 Å². The predicted molar refractivity (Wildman–Crippen MR) is 167 cm³/mol. The molecule has 2 aliphatic heterocycles. The van der Waals surface area contributed by atoms with Crippen LogP contribution in [-0.2, 0) is 35.1 Å². The average molecular weight is 641 g/mol. The van der Waals surface area contributed by atoms with E-state index in [1.165, 1.54) is 6.33 Å². The first-order chi connectivity index (χ1) is 21.8. The van der Waals surface area contributed by atoms with Gasteiger partial charge in [-0.15, -0.1) is 0 Å². The molecule has 0 radical (unpaired) electrons. The number of aromatic nitrogens is 4. The van der Waals surface area contributed by atoms with Crippen molar-refractivity contribution < 1.29 is 33.3 Å². The van der Waals surface area contributed by atoms with Crippen LogP contribution in [0.4, 0.5) is 10.6 Å². The standard InChI is InChI=1S/C31H44N8O7/c1-30(2,3)46-29(41)37-20(28(40)42-16-19-9-7-6-8-10-19)11-13-38(14-12-32)15-21-23-24(45-31(4,5)44-23)27(43-21)39-18-36-22-25(33)34-17-35-26(22)39/h6-10,17-18,20-21,23-24,27H,11-16,32H2,1-5H3,(H,37,41)(H2,33,34,35)/t20-,21+,23+,24+,27+/m0/s1. The molecule has 0 spiro atoms. The van der Waals surface area contributed by atoms with Crippen molar-refractivity contribution >= 4 is 29.0 Å². The van der Waals surface area contributed by atoms with Crippen molar-refractivity contribution in [2.45, 2.75) is 89.6 Å². The lowest BCUT2D eigenvalue weighted by atomic mass is 10.1. The van der Waals surface area contributed by atoms with E-state index in [2.05, 4.69) is 25.2 Å². The summed E-state index contributed by atoms with van der Waals surface area (Å²) in [5, 5.41) is 2.69. The molecule has 2 saturated heterocycles. The summed E-state index contributed by atoms with van der Waals surface area (Å²) in [6, 6.07) is 8.37. The van der Waals surface area contributed by atoms with Crippen LogP contribution in [0.2, 0.25) is 0 Å². The van der Waals surface area contributed by atoms with Crippen LogP contribution >= 0.6 is 0 Å². The number of alkyl carbamates (subject to hydrolysis) is 1. The van der Waals surface area contributed by atoms with E-state index in [4.69, 9.17) is 35.2 Å². The van der Waals surface area contributed by atoms with Crippen LogP contribution in [0, 0.1) is 0 Å². The number of nitrogens with one attached hydrogen (secondary N) is 1. The molecule has 15 heteroatoms. The van der Waals surface area contributed by atoms with Gasteiger partial charge in [-0.2, -0.15) is 0 Å². The summed E-state index contributed by atoms with van der Waals surface area (Å²) in [4.78, 5) is 40.8. The largest absolute Gasteiger partial charge is 0.459 e. The van der Waals surface area contributed by atoms with Crippen molar-refractivity contribution in [1.29, 1.82) is 0 Å². The van der Waals surface area contributed by atoms with E-state index in [-0.39, 0.29) is 18.8 Å². The van der Waals surface area contributed by atoms with Crippen molar-refractivity contribution in [2.24, 2.45) is 5.73 Å². The second-order valence-corrected chi connectivity index (χ2v) is 12.9. The van der Waals surface area contributed by atoms with Crippen molar-refractivity contribution in [3.05, 3.63) is 48.5 Å². The monoisotopic (exact) mass is 640 g/mol. The van der Waals surface area contributed by atoms with Crippen molar-refractivity contribution in [3.63, 3.8) is 0 Å². The van der Waals surface area contributed by atoms with Gasteiger partial charge in [0.05, 0.1) is 6.33 Å². The SMILES string of the molecule is CC(C)(C)OC(=O)N[C@@H](CCN(CCN)C[C@H]1O[C@@H](n2cnc3c(N)ncnc32)[C@@H]2OC(C)(C)O[C@@H]21)C(=O)OCc1ccccc1. The fraction of sp³-hybridized carbons (Fsp3) is 0.581. The molecule has 1 amide bonds. The molecule has 46 heavy (non-hydrogen) atoms. The van der Waals surface area contributed by atoms with E-state index >= 15 is 0 Å². The maximum absolute atomic E-state index is 13.2. The van der Waals surface area contributed by atoms with E-state index < -0.39 is 54.0 Å². The number of anilines is 1. The summed E-state index contributed by atoms with van der Waals surface area (Å²) in [5.41, 5.74) is 13.1. The van der Waals surface area contributed by atoms with Gasteiger partial charge in [-0.25, -0.2) is 24.5 Å². The molecule has 0 unspecified atom stereocenters. The quantitative estimate of drug-likeness (QED) is 0.244. The molecule has 0 aliphatic carbocycles. The zero-order chi connectivity index (χ0) is 33.1. The summed E-state index contributed by atoms with van der Waals surface area (Å²) in [6.45, 7) is 10.7. The van der Waals surface area contributed by atoms with Crippen LogP contribution in [0.3, 0.4) is 0 Å². The highest BCUT2D eigenvalue weighted by Gasteiger charge is 2.56. The van der Waals surface area contributed by atoms with E-state index in [1.807, 2.05) is 44.2 Å². The molecule has 15 nitrogen and oxygen atoms in total. The molecule has 250 valence electrons. The summed E-state index contributed by atoms with van der Waals surface area (Å²) in [5.74, 6) is -1.14. The first-order valence-electron chi connectivity index (χ1n) is 15.4. The summed E-state index contributed by atoms with van der Waals surface area (Å²) >= 11 is 0. The lowest BCUT2D eigenvalue weighted by Gasteiger charge is -2.30. The summed E-state index contributed by atoms with van der Waals surface area (Å²) < 4.78 is 32.0. The Balaban J connectivity index is 1.30. The molecule has 4 heterocycles. The van der Waals surface area contributed by atoms with Gasteiger partial charge >= 0.3 is 12.1 Å². The Morgan fingerprint density at radius 2 is 1.85 bits per heavy atom. The Morgan fingerprint density at radius 1 is 1.11 bits per heavy atom. The molecule has 2 aliphatic rings. The van der Waals surface area contributed by atoms with Crippen LogP contribution in [0.1, 0.15) is 52.8 Å². The molecular formula is C31H44N8O7. The Hall–Kier alpha value is -3.89. The number of nitrogens with zero attached hydrogens (tertiary/aromatic N) is 5. The highest BCUT2D eigenvalue weighted by molar-refractivity contribution is 5.82. The Labute approximate surface area is 267 Å². The number of esters is 1. The van der Waals surface area contributed by atoms with Gasteiger partial charge in [0, 0.05) is 26.2 Å². The molecule has 0 saturated carbocycles. The third kappa shape index (κ3) is 8.09. The summed E-state index contributed by atoms with van der Waals surface area (Å²) in [6.07, 6.45) is 0.632. The van der Waals surface area contributed by atoms with Crippen molar-refractivity contribution in [3.8, 4) is 0 Å². The highest BCUT2D eigenvalue weighted by atomic mass is 16.8. The third-order valence-electron chi connectivity index (χ3n) is 7.60. The fourth-order valence-corrected chi connectivity index (χ4v) is 5.66. The molecule has 3 aromatic rings. The number of carbonyl (C=O) groups is 2. The van der Waals surface area contributed by atoms with E-state index in [0.29, 0.717) is 37.3 Å². The maximum Gasteiger partial charge on any atom is 0.408 e. The molecule has 1 aromatic carbocycles. The minimum Gasteiger partial charge on any atom is -0.459 e. The molecular weight excluding hydrogens is 596 g/mol. The zero-order valence-corrected chi connectivity index (χ0v) is 26.9. The van der Waals surface area contributed by atoms with Gasteiger partial charge in [-0.05, 0) is 46.6 Å². The first-order valence-corrected chi connectivity index (χ1v) is 15.4. The number of benzene rings is 1. The van der Waals surface area contributed by atoms with Gasteiger partial charge in [0.1, 0.15) is 48.4 Å². The topological polar surface area (TPSA) is 191 Å². The number of carbonyl (C=O) groups excluding carboxylic acids is 2. The number of ether oxygens (including phenoxy) is 5. The average Bonchev–Trinajstić information content (AvgIpc) is 3.65. The lowest BCUT2D eigenvalue weighted by molar-refractivity contribution is -0.198. The van der Waals surface area contributed by atoms with Crippen LogP contribution in [0.5, 0.6) is 0 Å². The molecule has 5 N–H and O–H groups in total. The third-order valence-corrected chi connectivity index (χ3v) is 7.60. The van der Waals surface area contributed by atoms with Crippen LogP contribution < -0.4 is 16.8 Å². The van der Waals surface area contributed by atoms with Crippen LogP contribution in [0.25, 0.3) is 11.2 Å². The summed E-state index contributed by atoms with van der Waals surface area (Å²) in [7, 11) is 0. The number of rotatable bonds is 12. The molecule has 2 fully saturated rings. The lowest BCUT2D eigenvalue weighted by Crippen LogP contribution is -2.47. The van der Waals surface area contributed by atoms with Gasteiger partial charge in [0.25, 0.3) is 0 Å². The van der Waals surface area contributed by atoms with E-state index in [0.717, 1.165) is 5.56 Å². The smallest absolute Gasteiger partial charge is 0.408 e. The minimum absolute atomic E-state index is 0.0751. The number of hydrogen-bond acceptors (Lipinski definition) is 13. The Bertz CT molecular complexity index is 1500. The predicted octanol–water partition coefficient (Wildman–Crippen LogP) is 2.11. The molecule has 2 aromatic heterocycles. The minimum atomic E-state index is -0.962. The number of amides is 1. The second kappa shape index (κ2) is 13.8. The van der Waals surface area contributed by atoms with Crippen LogP contribution in [-0.4, -0.2) is 98.4 Å². The fourth-order valence-electron chi connectivity index (χ4n) is 5.66. The second-order valence-electron chi connectivity index (χ2n) is 12.9. The molecule has 5 atom stereocenters.